The van der Waals surface area contributed by atoms with E-state index >= 15 is 0 Å². The molecule has 1 aromatic carbocycles. The summed E-state index contributed by atoms with van der Waals surface area (Å²) >= 11 is 4.86. The van der Waals surface area contributed by atoms with E-state index in [1.165, 1.54) is 18.9 Å². The number of hydrogen-bond donors (Lipinski definition) is 0. The summed E-state index contributed by atoms with van der Waals surface area (Å²) < 4.78 is 30.0. The van der Waals surface area contributed by atoms with Crippen molar-refractivity contribution in [2.45, 2.75) is 25.1 Å². The SMILES string of the molecule is COCC(=O)N=C1SC2CS(=O)(=O)CC2N1c1c(C)cc(Br)cc1C. The third-order valence-electron chi connectivity index (χ3n) is 4.25. The Bertz CT molecular complexity index is 831. The van der Waals surface area contributed by atoms with Crippen LogP contribution in [0.25, 0.3) is 0 Å². The number of aliphatic imine (C=N–C) groups is 1. The fraction of sp³-hybridized carbons (Fsp3) is 0.500. The molecular formula is C16H19BrN2O4S2. The van der Waals surface area contributed by atoms with Gasteiger partial charge in [-0.15, -0.1) is 0 Å². The van der Waals surface area contributed by atoms with Gasteiger partial charge in [0.05, 0.1) is 17.5 Å². The number of aryl methyl sites for hydroxylation is 2. The standard InChI is InChI=1S/C16H19BrN2O4S2/c1-9-4-11(17)5-10(2)15(9)19-12-7-25(21,22)8-13(12)24-16(19)18-14(20)6-23-3/h4-5,12-13H,6-8H2,1-3H3. The number of hydrogen-bond acceptors (Lipinski definition) is 5. The van der Waals surface area contributed by atoms with Crippen LogP contribution in [0.2, 0.25) is 0 Å². The van der Waals surface area contributed by atoms with Gasteiger partial charge in [0.15, 0.2) is 15.0 Å². The van der Waals surface area contributed by atoms with Gasteiger partial charge in [-0.25, -0.2) is 8.42 Å². The number of halogens is 1. The highest BCUT2D eigenvalue weighted by atomic mass is 79.9. The Kier molecular flexibility index (Phi) is 5.30. The lowest BCUT2D eigenvalue weighted by molar-refractivity contribution is -0.121. The lowest BCUT2D eigenvalue weighted by Gasteiger charge is -2.28. The van der Waals surface area contributed by atoms with Crippen LogP contribution in [0.4, 0.5) is 5.69 Å². The highest BCUT2D eigenvalue weighted by Crippen LogP contribution is 2.43. The number of ether oxygens (including phenoxy) is 1. The summed E-state index contributed by atoms with van der Waals surface area (Å²) in [6.45, 7) is 3.86. The number of carbonyl (C=O) groups is 1. The Morgan fingerprint density at radius 3 is 2.60 bits per heavy atom. The van der Waals surface area contributed by atoms with Crippen LogP contribution < -0.4 is 4.90 Å². The zero-order chi connectivity index (χ0) is 18.4. The number of carbonyl (C=O) groups excluding carboxylic acids is 1. The molecule has 6 nitrogen and oxygen atoms in total. The van der Waals surface area contributed by atoms with Crippen molar-refractivity contribution in [2.75, 3.05) is 30.1 Å². The Balaban J connectivity index is 2.09. The molecule has 0 radical (unpaired) electrons. The molecule has 0 aromatic heterocycles. The van der Waals surface area contributed by atoms with Crippen molar-refractivity contribution in [3.05, 3.63) is 27.7 Å². The van der Waals surface area contributed by atoms with Gasteiger partial charge in [0, 0.05) is 22.5 Å². The van der Waals surface area contributed by atoms with Crippen molar-refractivity contribution in [2.24, 2.45) is 4.99 Å². The average molecular weight is 447 g/mol. The first-order valence-corrected chi connectivity index (χ1v) is 11.2. The molecule has 9 heteroatoms. The highest BCUT2D eigenvalue weighted by molar-refractivity contribution is 9.10. The van der Waals surface area contributed by atoms with Crippen molar-refractivity contribution in [1.29, 1.82) is 0 Å². The van der Waals surface area contributed by atoms with Crippen LogP contribution in [-0.2, 0) is 19.4 Å². The maximum absolute atomic E-state index is 12.1. The second kappa shape index (κ2) is 7.02. The molecule has 1 amide bonds. The molecule has 136 valence electrons. The summed E-state index contributed by atoms with van der Waals surface area (Å²) in [5.41, 5.74) is 2.93. The number of methoxy groups -OCH3 is 1. The molecule has 0 bridgehead atoms. The zero-order valence-corrected chi connectivity index (χ0v) is 17.4. The van der Waals surface area contributed by atoms with E-state index in [2.05, 4.69) is 20.9 Å². The van der Waals surface area contributed by atoms with Crippen LogP contribution in [0.3, 0.4) is 0 Å². The summed E-state index contributed by atoms with van der Waals surface area (Å²) in [4.78, 5) is 18.1. The third kappa shape index (κ3) is 3.79. The summed E-state index contributed by atoms with van der Waals surface area (Å²) in [5, 5.41) is 0.446. The molecular weight excluding hydrogens is 428 g/mol. The third-order valence-corrected chi connectivity index (χ3v) is 7.92. The number of anilines is 1. The van der Waals surface area contributed by atoms with Gasteiger partial charge in [0.1, 0.15) is 6.61 Å². The number of amidine groups is 1. The highest BCUT2D eigenvalue weighted by Gasteiger charge is 2.50. The molecule has 2 atom stereocenters. The van der Waals surface area contributed by atoms with E-state index in [0.717, 1.165) is 21.3 Å². The fourth-order valence-electron chi connectivity index (χ4n) is 3.37. The molecule has 3 rings (SSSR count). The largest absolute Gasteiger partial charge is 0.375 e. The Labute approximate surface area is 160 Å². The number of benzene rings is 1. The van der Waals surface area contributed by atoms with Crippen LogP contribution >= 0.6 is 27.7 Å². The predicted octanol–water partition coefficient (Wildman–Crippen LogP) is 2.31. The first kappa shape index (κ1) is 18.9. The second-order valence-electron chi connectivity index (χ2n) is 6.28. The average Bonchev–Trinajstić information content (AvgIpc) is 2.91. The Morgan fingerprint density at radius 1 is 1.36 bits per heavy atom. The maximum Gasteiger partial charge on any atom is 0.274 e. The molecule has 0 spiro atoms. The van der Waals surface area contributed by atoms with Gasteiger partial charge in [0.2, 0.25) is 0 Å². The van der Waals surface area contributed by atoms with E-state index < -0.39 is 9.84 Å². The van der Waals surface area contributed by atoms with Crippen molar-refractivity contribution < 1.29 is 17.9 Å². The van der Waals surface area contributed by atoms with E-state index in [4.69, 9.17) is 4.74 Å². The first-order chi connectivity index (χ1) is 11.7. The molecule has 2 aliphatic rings. The lowest BCUT2D eigenvalue weighted by atomic mass is 10.1. The minimum absolute atomic E-state index is 0.0805. The van der Waals surface area contributed by atoms with Crippen molar-refractivity contribution in [1.82, 2.24) is 0 Å². The Morgan fingerprint density at radius 2 is 2.00 bits per heavy atom. The van der Waals surface area contributed by atoms with Crippen LogP contribution in [-0.4, -0.2) is 56.0 Å². The van der Waals surface area contributed by atoms with E-state index in [1.54, 1.807) is 0 Å². The van der Waals surface area contributed by atoms with Gasteiger partial charge < -0.3 is 9.64 Å². The molecule has 0 N–H and O–H groups in total. The molecule has 2 aliphatic heterocycles. The number of amides is 1. The quantitative estimate of drug-likeness (QED) is 0.708. The van der Waals surface area contributed by atoms with Crippen LogP contribution in [0.5, 0.6) is 0 Å². The molecule has 2 heterocycles. The topological polar surface area (TPSA) is 76.0 Å². The fourth-order valence-corrected chi connectivity index (χ4v) is 7.98. The summed E-state index contributed by atoms with van der Waals surface area (Å²) in [7, 11) is -1.63. The number of nitrogens with zero attached hydrogens (tertiary/aromatic N) is 2. The van der Waals surface area contributed by atoms with E-state index in [-0.39, 0.29) is 35.3 Å². The molecule has 2 fully saturated rings. The molecule has 0 aliphatic carbocycles. The number of fused-ring (bicyclic) bond motifs is 1. The molecule has 25 heavy (non-hydrogen) atoms. The summed E-state index contributed by atoms with van der Waals surface area (Å²) in [5.74, 6) is -0.174. The van der Waals surface area contributed by atoms with Gasteiger partial charge in [-0.3, -0.25) is 4.79 Å². The van der Waals surface area contributed by atoms with Crippen molar-refractivity contribution in [3.63, 3.8) is 0 Å². The molecule has 2 saturated heterocycles. The minimum Gasteiger partial charge on any atom is -0.375 e. The first-order valence-electron chi connectivity index (χ1n) is 7.75. The number of sulfone groups is 1. The van der Waals surface area contributed by atoms with Gasteiger partial charge in [-0.1, -0.05) is 27.7 Å². The van der Waals surface area contributed by atoms with Gasteiger partial charge in [0.25, 0.3) is 5.91 Å². The van der Waals surface area contributed by atoms with Crippen molar-refractivity contribution in [3.8, 4) is 0 Å². The summed E-state index contributed by atoms with van der Waals surface area (Å²) in [6.07, 6.45) is 0. The van der Waals surface area contributed by atoms with Crippen LogP contribution in [0.15, 0.2) is 21.6 Å². The second-order valence-corrected chi connectivity index (χ2v) is 10.6. The smallest absolute Gasteiger partial charge is 0.274 e. The predicted molar refractivity (Wildman–Crippen MR) is 104 cm³/mol. The lowest BCUT2D eigenvalue weighted by Crippen LogP contribution is -2.38. The Hall–Kier alpha value is -0.900. The van der Waals surface area contributed by atoms with Gasteiger partial charge in [-0.2, -0.15) is 4.99 Å². The monoisotopic (exact) mass is 446 g/mol. The number of rotatable bonds is 3. The maximum atomic E-state index is 12.1. The van der Waals surface area contributed by atoms with Gasteiger partial charge >= 0.3 is 0 Å². The minimum atomic E-state index is -3.08. The van der Waals surface area contributed by atoms with E-state index in [0.29, 0.717) is 5.17 Å². The van der Waals surface area contributed by atoms with Gasteiger partial charge in [-0.05, 0) is 37.1 Å². The molecule has 1 aromatic rings. The zero-order valence-electron chi connectivity index (χ0n) is 14.2. The van der Waals surface area contributed by atoms with Crippen LogP contribution in [0, 0.1) is 13.8 Å². The number of thioether (sulfide) groups is 1. The summed E-state index contributed by atoms with van der Waals surface area (Å²) in [6, 6.07) is 3.76. The van der Waals surface area contributed by atoms with Crippen molar-refractivity contribution >= 4 is 54.3 Å². The van der Waals surface area contributed by atoms with Crippen LogP contribution in [0.1, 0.15) is 11.1 Å². The molecule has 0 saturated carbocycles. The normalized spacial score (nSPS) is 26.2. The molecule has 2 unspecified atom stereocenters. The van der Waals surface area contributed by atoms with E-state index in [1.807, 2.05) is 30.9 Å². The van der Waals surface area contributed by atoms with E-state index in [9.17, 15) is 13.2 Å².